The summed E-state index contributed by atoms with van der Waals surface area (Å²) in [6.45, 7) is 3.88. The van der Waals surface area contributed by atoms with E-state index in [1.807, 2.05) is 13.8 Å². The van der Waals surface area contributed by atoms with E-state index < -0.39 is 5.97 Å². The van der Waals surface area contributed by atoms with Crippen LogP contribution < -0.4 is 0 Å². The average molecular weight is 185 g/mol. The monoisotopic (exact) mass is 185 g/mol. The van der Waals surface area contributed by atoms with Crippen LogP contribution >= 0.6 is 11.3 Å². The maximum absolute atomic E-state index is 10.4. The number of aryl methyl sites for hydroxylation is 2. The molecule has 1 heterocycles. The van der Waals surface area contributed by atoms with Crippen molar-refractivity contribution in [3.8, 4) is 0 Å². The van der Waals surface area contributed by atoms with Gasteiger partial charge >= 0.3 is 5.97 Å². The fourth-order valence-corrected chi connectivity index (χ4v) is 2.08. The first-order chi connectivity index (χ1) is 5.63. The summed E-state index contributed by atoms with van der Waals surface area (Å²) in [6.07, 6.45) is 0.918. The van der Waals surface area contributed by atoms with Gasteiger partial charge in [0.2, 0.25) is 0 Å². The van der Waals surface area contributed by atoms with Crippen LogP contribution in [0.25, 0.3) is 0 Å². The average Bonchev–Trinajstić information content (AvgIpc) is 2.29. The zero-order valence-corrected chi connectivity index (χ0v) is 7.94. The van der Waals surface area contributed by atoms with Crippen LogP contribution in [-0.2, 0) is 17.6 Å². The molecular weight excluding hydrogens is 174 g/mol. The first kappa shape index (κ1) is 9.19. The Hall–Kier alpha value is -0.900. The number of nitrogens with zero attached hydrogens (tertiary/aromatic N) is 1. The fourth-order valence-electron chi connectivity index (χ4n) is 1.06. The lowest BCUT2D eigenvalue weighted by atomic mass is 10.2. The van der Waals surface area contributed by atoms with Crippen molar-refractivity contribution in [1.82, 2.24) is 4.98 Å². The number of hydrogen-bond acceptors (Lipinski definition) is 3. The van der Waals surface area contributed by atoms with E-state index in [9.17, 15) is 4.79 Å². The van der Waals surface area contributed by atoms with E-state index in [1.54, 1.807) is 0 Å². The van der Waals surface area contributed by atoms with Crippen molar-refractivity contribution in [2.75, 3.05) is 0 Å². The fraction of sp³-hybridized carbons (Fsp3) is 0.500. The molecule has 0 atom stereocenters. The van der Waals surface area contributed by atoms with E-state index in [4.69, 9.17) is 5.11 Å². The summed E-state index contributed by atoms with van der Waals surface area (Å²) in [6, 6.07) is 0. The van der Waals surface area contributed by atoms with Gasteiger partial charge in [0, 0.05) is 4.88 Å². The quantitative estimate of drug-likeness (QED) is 0.778. The number of aliphatic carboxylic acids is 1. The summed E-state index contributed by atoms with van der Waals surface area (Å²) in [5, 5.41) is 9.52. The van der Waals surface area contributed by atoms with Gasteiger partial charge in [0.15, 0.2) is 0 Å². The highest BCUT2D eigenvalue weighted by Gasteiger charge is 2.10. The van der Waals surface area contributed by atoms with Crippen molar-refractivity contribution >= 4 is 17.3 Å². The zero-order valence-electron chi connectivity index (χ0n) is 7.13. The molecule has 1 rings (SSSR count). The van der Waals surface area contributed by atoms with Gasteiger partial charge < -0.3 is 5.11 Å². The smallest absolute Gasteiger partial charge is 0.308 e. The standard InChI is InChI=1S/C8H11NO2S/c1-3-6-7(4-8(10)11)12-5(2)9-6/h3-4H2,1-2H3,(H,10,11). The largest absolute Gasteiger partial charge is 0.481 e. The summed E-state index contributed by atoms with van der Waals surface area (Å²) in [4.78, 5) is 15.6. The SMILES string of the molecule is CCc1nc(C)sc1CC(=O)O. The summed E-state index contributed by atoms with van der Waals surface area (Å²) < 4.78 is 0. The summed E-state index contributed by atoms with van der Waals surface area (Å²) >= 11 is 1.48. The van der Waals surface area contributed by atoms with Gasteiger partial charge in [-0.05, 0) is 13.3 Å². The molecule has 1 aromatic rings. The minimum absolute atomic E-state index is 0.106. The minimum atomic E-state index is -0.784. The summed E-state index contributed by atoms with van der Waals surface area (Å²) in [7, 11) is 0. The van der Waals surface area contributed by atoms with Gasteiger partial charge in [-0.1, -0.05) is 6.92 Å². The van der Waals surface area contributed by atoms with Crippen LogP contribution in [0.5, 0.6) is 0 Å². The molecule has 0 aliphatic carbocycles. The van der Waals surface area contributed by atoms with E-state index in [1.165, 1.54) is 11.3 Å². The van der Waals surface area contributed by atoms with Crippen LogP contribution in [0.15, 0.2) is 0 Å². The molecule has 3 nitrogen and oxygen atoms in total. The van der Waals surface area contributed by atoms with Gasteiger partial charge in [0.25, 0.3) is 0 Å². The Bertz CT molecular complexity index is 293. The Morgan fingerprint density at radius 2 is 2.33 bits per heavy atom. The van der Waals surface area contributed by atoms with Crippen LogP contribution in [0.1, 0.15) is 22.5 Å². The van der Waals surface area contributed by atoms with Gasteiger partial charge in [-0.2, -0.15) is 0 Å². The van der Waals surface area contributed by atoms with Crippen molar-refractivity contribution in [3.05, 3.63) is 15.6 Å². The molecule has 0 aliphatic heterocycles. The number of carboxylic acid groups (broad SMARTS) is 1. The second kappa shape index (κ2) is 3.67. The van der Waals surface area contributed by atoms with Crippen LogP contribution in [-0.4, -0.2) is 16.1 Å². The molecular formula is C8H11NO2S. The number of aromatic nitrogens is 1. The van der Waals surface area contributed by atoms with Crippen molar-refractivity contribution < 1.29 is 9.90 Å². The highest BCUT2D eigenvalue weighted by atomic mass is 32.1. The van der Waals surface area contributed by atoms with Gasteiger partial charge in [-0.3, -0.25) is 4.79 Å². The number of thiazole rings is 1. The first-order valence-electron chi connectivity index (χ1n) is 3.80. The third-order valence-electron chi connectivity index (χ3n) is 1.53. The predicted molar refractivity (Wildman–Crippen MR) is 47.6 cm³/mol. The first-order valence-corrected chi connectivity index (χ1v) is 4.62. The maximum atomic E-state index is 10.4. The number of carboxylic acids is 1. The maximum Gasteiger partial charge on any atom is 0.308 e. The highest BCUT2D eigenvalue weighted by Crippen LogP contribution is 2.18. The second-order valence-corrected chi connectivity index (χ2v) is 3.81. The van der Waals surface area contributed by atoms with Gasteiger partial charge in [0.1, 0.15) is 0 Å². The third kappa shape index (κ3) is 2.04. The van der Waals surface area contributed by atoms with Crippen LogP contribution in [0.3, 0.4) is 0 Å². The normalized spacial score (nSPS) is 10.2. The van der Waals surface area contributed by atoms with Crippen molar-refractivity contribution in [1.29, 1.82) is 0 Å². The van der Waals surface area contributed by atoms with Crippen LogP contribution in [0, 0.1) is 6.92 Å². The van der Waals surface area contributed by atoms with Gasteiger partial charge in [-0.15, -0.1) is 11.3 Å². The van der Waals surface area contributed by atoms with Crippen LogP contribution in [0.2, 0.25) is 0 Å². The molecule has 0 saturated heterocycles. The highest BCUT2D eigenvalue weighted by molar-refractivity contribution is 7.11. The van der Waals surface area contributed by atoms with E-state index in [-0.39, 0.29) is 6.42 Å². The Morgan fingerprint density at radius 1 is 1.67 bits per heavy atom. The summed E-state index contributed by atoms with van der Waals surface area (Å²) in [5.41, 5.74) is 0.930. The third-order valence-corrected chi connectivity index (χ3v) is 2.54. The molecule has 66 valence electrons. The minimum Gasteiger partial charge on any atom is -0.481 e. The topological polar surface area (TPSA) is 50.2 Å². The lowest BCUT2D eigenvalue weighted by molar-refractivity contribution is -0.136. The molecule has 0 spiro atoms. The molecule has 0 bridgehead atoms. The van der Waals surface area contributed by atoms with Crippen molar-refractivity contribution in [2.45, 2.75) is 26.7 Å². The van der Waals surface area contributed by atoms with E-state index >= 15 is 0 Å². The lowest BCUT2D eigenvalue weighted by Gasteiger charge is -1.93. The number of carbonyl (C=O) groups is 1. The molecule has 0 radical (unpaired) electrons. The molecule has 0 unspecified atom stereocenters. The molecule has 0 aromatic carbocycles. The van der Waals surface area contributed by atoms with E-state index in [0.717, 1.165) is 22.0 Å². The number of rotatable bonds is 3. The molecule has 0 amide bonds. The Kier molecular flexibility index (Phi) is 2.81. The Morgan fingerprint density at radius 3 is 2.83 bits per heavy atom. The molecule has 4 heteroatoms. The van der Waals surface area contributed by atoms with Gasteiger partial charge in [0.05, 0.1) is 17.1 Å². The molecule has 1 N–H and O–H groups in total. The summed E-state index contributed by atoms with van der Waals surface area (Å²) in [5.74, 6) is -0.784. The van der Waals surface area contributed by atoms with Crippen LogP contribution in [0.4, 0.5) is 0 Å². The molecule has 1 aromatic heterocycles. The lowest BCUT2D eigenvalue weighted by Crippen LogP contribution is -2.00. The molecule has 0 aliphatic rings. The molecule has 12 heavy (non-hydrogen) atoms. The van der Waals surface area contributed by atoms with E-state index in [0.29, 0.717) is 0 Å². The Labute approximate surface area is 75.1 Å². The zero-order chi connectivity index (χ0) is 9.14. The Balaban J connectivity index is 2.89. The second-order valence-electron chi connectivity index (χ2n) is 2.53. The van der Waals surface area contributed by atoms with Gasteiger partial charge in [-0.25, -0.2) is 4.98 Å². The predicted octanol–water partition coefficient (Wildman–Crippen LogP) is 1.64. The molecule has 0 saturated carbocycles. The number of hydrogen-bond donors (Lipinski definition) is 1. The van der Waals surface area contributed by atoms with E-state index in [2.05, 4.69) is 4.98 Å². The molecule has 0 fully saturated rings. The van der Waals surface area contributed by atoms with Crippen molar-refractivity contribution in [2.24, 2.45) is 0 Å². The van der Waals surface area contributed by atoms with Crippen molar-refractivity contribution in [3.63, 3.8) is 0 Å².